The first-order chi connectivity index (χ1) is 20.9. The van der Waals surface area contributed by atoms with Gasteiger partial charge in [0.05, 0.1) is 32.9 Å². The molecule has 1 aliphatic rings. The normalized spacial score (nSPS) is 18.5. The van der Waals surface area contributed by atoms with Crippen molar-refractivity contribution in [3.05, 3.63) is 128 Å². The topological polar surface area (TPSA) is 101 Å². The molecule has 3 atom stereocenters. The molecule has 5 rings (SSSR count). The van der Waals surface area contributed by atoms with Gasteiger partial charge in [-0.2, -0.15) is 0 Å². The van der Waals surface area contributed by atoms with E-state index in [-0.39, 0.29) is 12.7 Å². The lowest BCUT2D eigenvalue weighted by atomic mass is 9.80. The largest absolute Gasteiger partial charge is 0.497 e. The van der Waals surface area contributed by atoms with E-state index < -0.39 is 29.2 Å². The molecule has 226 valence electrons. The Morgan fingerprint density at radius 3 is 2.05 bits per heavy atom. The second-order valence-electron chi connectivity index (χ2n) is 10.3. The Bertz CT molecular complexity index is 1560. The summed E-state index contributed by atoms with van der Waals surface area (Å²) in [5.74, 6) is 1.92. The summed E-state index contributed by atoms with van der Waals surface area (Å²) >= 11 is 1.56. The van der Waals surface area contributed by atoms with Crippen LogP contribution in [-0.4, -0.2) is 54.8 Å². The van der Waals surface area contributed by atoms with Crippen LogP contribution in [0.2, 0.25) is 0 Å². The molecule has 0 unspecified atom stereocenters. The van der Waals surface area contributed by atoms with Crippen molar-refractivity contribution in [2.75, 3.05) is 33.0 Å². The Hall–Kier alpha value is -3.83. The van der Waals surface area contributed by atoms with Gasteiger partial charge in [-0.3, -0.25) is 14.3 Å². The monoisotopic (exact) mass is 604 g/mol. The van der Waals surface area contributed by atoms with Gasteiger partial charge in [0.2, 0.25) is 0 Å². The molecule has 0 amide bonds. The molecular formula is C33H36N2O7S. The van der Waals surface area contributed by atoms with E-state index in [2.05, 4.69) is 4.98 Å². The number of hydrogen-bond acceptors (Lipinski definition) is 8. The van der Waals surface area contributed by atoms with Crippen LogP contribution in [0.15, 0.2) is 94.6 Å². The molecule has 3 aromatic carbocycles. The highest BCUT2D eigenvalue weighted by Crippen LogP contribution is 2.43. The van der Waals surface area contributed by atoms with Crippen molar-refractivity contribution >= 4 is 11.8 Å². The summed E-state index contributed by atoms with van der Waals surface area (Å²) in [5, 5.41) is 0. The number of aromatic nitrogens is 2. The minimum atomic E-state index is -1.03. The molecule has 10 heteroatoms. The van der Waals surface area contributed by atoms with Crippen molar-refractivity contribution in [2.24, 2.45) is 0 Å². The minimum absolute atomic E-state index is 0.152. The molecule has 0 spiro atoms. The summed E-state index contributed by atoms with van der Waals surface area (Å²) < 4.78 is 32.0. The van der Waals surface area contributed by atoms with E-state index >= 15 is 0 Å². The summed E-state index contributed by atoms with van der Waals surface area (Å²) in [6.07, 6.45) is 2.43. The van der Waals surface area contributed by atoms with Crippen molar-refractivity contribution in [1.29, 1.82) is 0 Å². The van der Waals surface area contributed by atoms with Crippen LogP contribution in [-0.2, 0) is 19.8 Å². The molecule has 1 N–H and O–H groups in total. The molecule has 0 radical (unpaired) electrons. The third-order valence-corrected chi connectivity index (χ3v) is 8.05. The second kappa shape index (κ2) is 13.6. The predicted molar refractivity (Wildman–Crippen MR) is 166 cm³/mol. The number of methoxy groups -OCH3 is 2. The molecule has 4 aromatic rings. The molecular weight excluding hydrogens is 568 g/mol. The van der Waals surface area contributed by atoms with Crippen LogP contribution in [0, 0.1) is 6.92 Å². The van der Waals surface area contributed by atoms with Crippen LogP contribution in [0.1, 0.15) is 34.9 Å². The number of hydrogen-bond donors (Lipinski definition) is 1. The average Bonchev–Trinajstić information content (AvgIpc) is 3.45. The highest BCUT2D eigenvalue weighted by Gasteiger charge is 2.43. The molecule has 0 aliphatic carbocycles. The first-order valence-electron chi connectivity index (χ1n) is 14.0. The van der Waals surface area contributed by atoms with Gasteiger partial charge in [0.15, 0.2) is 0 Å². The Morgan fingerprint density at radius 1 is 0.907 bits per heavy atom. The highest BCUT2D eigenvalue weighted by molar-refractivity contribution is 7.98. The Kier molecular flexibility index (Phi) is 9.72. The van der Waals surface area contributed by atoms with Crippen LogP contribution >= 0.6 is 11.8 Å². The van der Waals surface area contributed by atoms with Gasteiger partial charge in [0, 0.05) is 18.2 Å². The molecule has 0 saturated carbocycles. The van der Waals surface area contributed by atoms with Gasteiger partial charge in [0.25, 0.3) is 5.56 Å². The number of aromatic amines is 1. The van der Waals surface area contributed by atoms with Gasteiger partial charge in [-0.25, -0.2) is 4.79 Å². The van der Waals surface area contributed by atoms with Crippen LogP contribution in [0.3, 0.4) is 0 Å². The number of nitrogens with one attached hydrogen (secondary N) is 1. The zero-order chi connectivity index (χ0) is 30.4. The van der Waals surface area contributed by atoms with Crippen molar-refractivity contribution in [3.8, 4) is 11.5 Å². The first kappa shape index (κ1) is 30.6. The molecule has 0 bridgehead atoms. The van der Waals surface area contributed by atoms with E-state index in [1.807, 2.05) is 85.1 Å². The van der Waals surface area contributed by atoms with Gasteiger partial charge in [0.1, 0.15) is 29.4 Å². The van der Waals surface area contributed by atoms with Crippen molar-refractivity contribution in [3.63, 3.8) is 0 Å². The van der Waals surface area contributed by atoms with Crippen LogP contribution in [0.4, 0.5) is 0 Å². The van der Waals surface area contributed by atoms with Gasteiger partial charge in [-0.15, -0.1) is 11.8 Å². The van der Waals surface area contributed by atoms with Gasteiger partial charge < -0.3 is 23.7 Å². The fourth-order valence-corrected chi connectivity index (χ4v) is 5.74. The number of nitrogens with zero attached hydrogens (tertiary/aromatic N) is 1. The van der Waals surface area contributed by atoms with Crippen LogP contribution in [0.5, 0.6) is 11.5 Å². The Balaban J connectivity index is 1.56. The quantitative estimate of drug-likeness (QED) is 0.181. The molecule has 43 heavy (non-hydrogen) atoms. The van der Waals surface area contributed by atoms with E-state index in [9.17, 15) is 9.59 Å². The van der Waals surface area contributed by atoms with E-state index in [0.29, 0.717) is 17.9 Å². The average molecular weight is 605 g/mol. The highest BCUT2D eigenvalue weighted by atomic mass is 32.2. The Labute approximate surface area is 254 Å². The lowest BCUT2D eigenvalue weighted by Crippen LogP contribution is -2.38. The predicted octanol–water partition coefficient (Wildman–Crippen LogP) is 4.86. The number of thioether (sulfide) groups is 1. The fourth-order valence-electron chi connectivity index (χ4n) is 5.43. The zero-order valence-electron chi connectivity index (χ0n) is 24.6. The number of benzene rings is 3. The molecule has 1 aromatic heterocycles. The number of H-pyrrole nitrogens is 1. The van der Waals surface area contributed by atoms with Gasteiger partial charge in [-0.05, 0) is 54.1 Å². The molecule has 9 nitrogen and oxygen atoms in total. The molecule has 1 saturated heterocycles. The standard InChI is InChI=1S/C33H36N2O7S/c1-22-19-35(32(37)34-31(22)36)30-18-28(40-21-43-4)29(42-30)20-41-33(23-8-6-5-7-9-23,24-10-14-26(38-2)15-11-24)25-12-16-27(39-3)17-13-25/h5-17,19,28-30H,18,20-21H2,1-4H3,(H,34,36,37)/t28-,29+,30+/m0/s1. The van der Waals surface area contributed by atoms with E-state index in [4.69, 9.17) is 23.7 Å². The number of aryl methyl sites for hydroxylation is 1. The zero-order valence-corrected chi connectivity index (χ0v) is 25.5. The van der Waals surface area contributed by atoms with E-state index in [1.54, 1.807) is 32.9 Å². The van der Waals surface area contributed by atoms with Crippen LogP contribution < -0.4 is 20.7 Å². The summed E-state index contributed by atoms with van der Waals surface area (Å²) in [7, 11) is 3.27. The SMILES string of the molecule is COc1ccc(C(OC[C@H]2O[C@@H](n3cc(C)c(=O)[nH]c3=O)C[C@@H]2OCSC)(c2ccccc2)c2ccc(OC)cc2)cc1. The van der Waals surface area contributed by atoms with E-state index in [0.717, 1.165) is 28.2 Å². The van der Waals surface area contributed by atoms with Crippen molar-refractivity contribution < 1.29 is 23.7 Å². The third kappa shape index (κ3) is 6.42. The number of rotatable bonds is 12. The first-order valence-corrected chi connectivity index (χ1v) is 15.4. The fraction of sp³-hybridized carbons (Fsp3) is 0.333. The summed E-state index contributed by atoms with van der Waals surface area (Å²) in [6, 6.07) is 25.7. The van der Waals surface area contributed by atoms with Gasteiger partial charge in [-0.1, -0.05) is 54.6 Å². The number of ether oxygens (including phenoxy) is 5. The molecule has 1 fully saturated rings. The lowest BCUT2D eigenvalue weighted by Gasteiger charge is -2.37. The summed E-state index contributed by atoms with van der Waals surface area (Å²) in [5.41, 5.74) is 1.17. The van der Waals surface area contributed by atoms with Crippen molar-refractivity contribution in [2.45, 2.75) is 37.4 Å². The summed E-state index contributed by atoms with van der Waals surface area (Å²) in [4.78, 5) is 27.1. The lowest BCUT2D eigenvalue weighted by molar-refractivity contribution is -0.100. The van der Waals surface area contributed by atoms with E-state index in [1.165, 1.54) is 10.8 Å². The maximum Gasteiger partial charge on any atom is 0.330 e. The van der Waals surface area contributed by atoms with Crippen molar-refractivity contribution in [1.82, 2.24) is 9.55 Å². The smallest absolute Gasteiger partial charge is 0.330 e. The molecule has 2 heterocycles. The third-order valence-electron chi connectivity index (χ3n) is 7.67. The summed E-state index contributed by atoms with van der Waals surface area (Å²) in [6.45, 7) is 1.81. The maximum absolute atomic E-state index is 12.7. The minimum Gasteiger partial charge on any atom is -0.497 e. The van der Waals surface area contributed by atoms with Gasteiger partial charge >= 0.3 is 5.69 Å². The Morgan fingerprint density at radius 2 is 1.49 bits per heavy atom. The maximum atomic E-state index is 12.7. The molecule has 1 aliphatic heterocycles. The van der Waals surface area contributed by atoms with Crippen LogP contribution in [0.25, 0.3) is 0 Å². The second-order valence-corrected chi connectivity index (χ2v) is 11.1.